The van der Waals surface area contributed by atoms with Crippen molar-refractivity contribution in [1.82, 2.24) is 0 Å². The van der Waals surface area contributed by atoms with Crippen molar-refractivity contribution in [2.45, 2.75) is 25.5 Å². The second-order valence-corrected chi connectivity index (χ2v) is 4.49. The van der Waals surface area contributed by atoms with Crippen LogP contribution in [0.5, 0.6) is 0 Å². The molecule has 0 nitrogen and oxygen atoms in total. The van der Waals surface area contributed by atoms with Gasteiger partial charge in [-0.2, -0.15) is 11.8 Å². The van der Waals surface area contributed by atoms with Gasteiger partial charge >= 0.3 is 0 Å². The first-order valence-corrected chi connectivity index (χ1v) is 3.75. The van der Waals surface area contributed by atoms with Gasteiger partial charge in [0.05, 0.1) is 0 Å². The molecule has 0 N–H and O–H groups in total. The van der Waals surface area contributed by atoms with Crippen LogP contribution in [0.4, 0.5) is 0 Å². The summed E-state index contributed by atoms with van der Waals surface area (Å²) in [4.78, 5) is 0. The van der Waals surface area contributed by atoms with E-state index >= 15 is 0 Å². The molecule has 0 saturated carbocycles. The molecule has 1 aliphatic heterocycles. The highest BCUT2D eigenvalue weighted by molar-refractivity contribution is 8.02. The SMILES string of the molecule is C[C@H]1CSC1(C)C. The smallest absolute Gasteiger partial charge is 0.0137 e. The molecule has 0 amide bonds. The lowest BCUT2D eigenvalue weighted by Gasteiger charge is -2.41. The first-order valence-electron chi connectivity index (χ1n) is 2.77. The Bertz CT molecular complexity index is 76.2. The van der Waals surface area contributed by atoms with E-state index in [9.17, 15) is 0 Å². The molecular formula is C6H12S. The predicted molar refractivity (Wildman–Crippen MR) is 35.7 cm³/mol. The molecule has 1 aliphatic rings. The van der Waals surface area contributed by atoms with E-state index in [4.69, 9.17) is 0 Å². The molecule has 0 aromatic carbocycles. The van der Waals surface area contributed by atoms with Crippen LogP contribution in [0, 0.1) is 5.92 Å². The molecule has 0 aliphatic carbocycles. The Balaban J connectivity index is 2.43. The largest absolute Gasteiger partial charge is 0.155 e. The Morgan fingerprint density at radius 2 is 2.00 bits per heavy atom. The number of hydrogen-bond donors (Lipinski definition) is 0. The molecule has 1 fully saturated rings. The topological polar surface area (TPSA) is 0 Å². The van der Waals surface area contributed by atoms with E-state index in [0.717, 1.165) is 5.92 Å². The van der Waals surface area contributed by atoms with Crippen molar-refractivity contribution in [2.24, 2.45) is 5.92 Å². The first-order chi connectivity index (χ1) is 3.13. The van der Waals surface area contributed by atoms with E-state index in [1.165, 1.54) is 5.75 Å². The van der Waals surface area contributed by atoms with Gasteiger partial charge in [0.15, 0.2) is 0 Å². The second kappa shape index (κ2) is 1.41. The van der Waals surface area contributed by atoms with Crippen molar-refractivity contribution >= 4 is 11.8 Å². The minimum absolute atomic E-state index is 0.597. The Kier molecular flexibility index (Phi) is 1.11. The normalized spacial score (nSPS) is 37.3. The van der Waals surface area contributed by atoms with E-state index in [0.29, 0.717) is 4.75 Å². The van der Waals surface area contributed by atoms with Crippen molar-refractivity contribution in [3.05, 3.63) is 0 Å². The summed E-state index contributed by atoms with van der Waals surface area (Å²) in [5, 5.41) is 0. The van der Waals surface area contributed by atoms with E-state index in [1.807, 2.05) is 0 Å². The minimum atomic E-state index is 0.597. The summed E-state index contributed by atoms with van der Waals surface area (Å²) in [6.45, 7) is 6.94. The maximum Gasteiger partial charge on any atom is 0.0137 e. The molecule has 0 unspecified atom stereocenters. The molecule has 1 heteroatoms. The Morgan fingerprint density at radius 1 is 1.57 bits per heavy atom. The van der Waals surface area contributed by atoms with Gasteiger partial charge in [-0.15, -0.1) is 0 Å². The van der Waals surface area contributed by atoms with Gasteiger partial charge in [-0.25, -0.2) is 0 Å². The molecule has 1 heterocycles. The van der Waals surface area contributed by atoms with Gasteiger partial charge in [0.25, 0.3) is 0 Å². The maximum atomic E-state index is 2.32. The second-order valence-electron chi connectivity index (χ2n) is 2.82. The van der Waals surface area contributed by atoms with Gasteiger partial charge in [-0.3, -0.25) is 0 Å². The summed E-state index contributed by atoms with van der Waals surface area (Å²) in [5.41, 5.74) is 0. The quantitative estimate of drug-likeness (QED) is 0.467. The van der Waals surface area contributed by atoms with Crippen LogP contribution < -0.4 is 0 Å². The summed E-state index contributed by atoms with van der Waals surface area (Å²) in [5.74, 6) is 2.31. The Hall–Kier alpha value is 0.350. The molecule has 7 heavy (non-hydrogen) atoms. The van der Waals surface area contributed by atoms with Crippen LogP contribution in [0.25, 0.3) is 0 Å². The monoisotopic (exact) mass is 116 g/mol. The van der Waals surface area contributed by atoms with E-state index in [2.05, 4.69) is 32.5 Å². The molecule has 0 spiro atoms. The lowest BCUT2D eigenvalue weighted by atomic mass is 9.98. The minimum Gasteiger partial charge on any atom is -0.155 e. The zero-order valence-electron chi connectivity index (χ0n) is 5.19. The van der Waals surface area contributed by atoms with E-state index < -0.39 is 0 Å². The molecular weight excluding hydrogens is 104 g/mol. The third kappa shape index (κ3) is 0.788. The van der Waals surface area contributed by atoms with Crippen LogP contribution in [0.1, 0.15) is 20.8 Å². The van der Waals surface area contributed by atoms with Crippen LogP contribution in [-0.4, -0.2) is 10.5 Å². The molecule has 0 radical (unpaired) electrons. The van der Waals surface area contributed by atoms with Gasteiger partial charge in [-0.1, -0.05) is 20.8 Å². The summed E-state index contributed by atoms with van der Waals surface area (Å²) < 4.78 is 0.597. The number of thioether (sulfide) groups is 1. The lowest BCUT2D eigenvalue weighted by Crippen LogP contribution is -2.37. The average Bonchev–Trinajstić information content (AvgIpc) is 1.63. The standard InChI is InChI=1S/C6H12S/c1-5-4-7-6(5,2)3/h5H,4H2,1-3H3/t5-/m0/s1. The predicted octanol–water partition coefficient (Wildman–Crippen LogP) is 2.15. The van der Waals surface area contributed by atoms with Crippen LogP contribution in [0.2, 0.25) is 0 Å². The number of rotatable bonds is 0. The highest BCUT2D eigenvalue weighted by Crippen LogP contribution is 2.44. The fourth-order valence-electron chi connectivity index (χ4n) is 0.583. The van der Waals surface area contributed by atoms with Crippen LogP contribution in [0.3, 0.4) is 0 Å². The number of hydrogen-bond acceptors (Lipinski definition) is 1. The molecule has 1 saturated heterocycles. The van der Waals surface area contributed by atoms with Crippen molar-refractivity contribution < 1.29 is 0 Å². The third-order valence-electron chi connectivity index (χ3n) is 1.89. The lowest BCUT2D eigenvalue weighted by molar-refractivity contribution is 0.470. The Morgan fingerprint density at radius 3 is 2.00 bits per heavy atom. The van der Waals surface area contributed by atoms with Gasteiger partial charge in [0.1, 0.15) is 0 Å². The zero-order chi connectivity index (χ0) is 5.49. The average molecular weight is 116 g/mol. The molecule has 0 aromatic rings. The van der Waals surface area contributed by atoms with Crippen LogP contribution in [-0.2, 0) is 0 Å². The Labute approximate surface area is 49.7 Å². The van der Waals surface area contributed by atoms with Crippen molar-refractivity contribution in [1.29, 1.82) is 0 Å². The molecule has 0 aromatic heterocycles. The zero-order valence-corrected chi connectivity index (χ0v) is 6.01. The van der Waals surface area contributed by atoms with E-state index in [-0.39, 0.29) is 0 Å². The van der Waals surface area contributed by atoms with Crippen molar-refractivity contribution in [3.63, 3.8) is 0 Å². The summed E-state index contributed by atoms with van der Waals surface area (Å²) in [6.07, 6.45) is 0. The summed E-state index contributed by atoms with van der Waals surface area (Å²) in [6, 6.07) is 0. The van der Waals surface area contributed by atoms with Crippen molar-refractivity contribution in [2.75, 3.05) is 5.75 Å². The molecule has 1 atom stereocenters. The van der Waals surface area contributed by atoms with Gasteiger partial charge in [0, 0.05) is 4.75 Å². The molecule has 0 bridgehead atoms. The highest BCUT2D eigenvalue weighted by atomic mass is 32.2. The highest BCUT2D eigenvalue weighted by Gasteiger charge is 2.35. The van der Waals surface area contributed by atoms with Crippen LogP contribution in [0.15, 0.2) is 0 Å². The summed E-state index contributed by atoms with van der Waals surface area (Å²) >= 11 is 2.07. The van der Waals surface area contributed by atoms with Crippen molar-refractivity contribution in [3.8, 4) is 0 Å². The fourth-order valence-corrected chi connectivity index (χ4v) is 1.75. The van der Waals surface area contributed by atoms with Gasteiger partial charge < -0.3 is 0 Å². The molecule has 42 valence electrons. The maximum absolute atomic E-state index is 2.32. The fraction of sp³-hybridized carbons (Fsp3) is 1.00. The van der Waals surface area contributed by atoms with E-state index in [1.54, 1.807) is 0 Å². The third-order valence-corrected chi connectivity index (χ3v) is 3.71. The van der Waals surface area contributed by atoms with Gasteiger partial charge in [0.2, 0.25) is 0 Å². The van der Waals surface area contributed by atoms with Gasteiger partial charge in [-0.05, 0) is 11.7 Å². The van der Waals surface area contributed by atoms with Crippen LogP contribution >= 0.6 is 11.8 Å². The molecule has 1 rings (SSSR count). The first kappa shape index (κ1) is 5.49. The summed E-state index contributed by atoms with van der Waals surface area (Å²) in [7, 11) is 0.